The zero-order chi connectivity index (χ0) is 15.1. The lowest BCUT2D eigenvalue weighted by Crippen LogP contribution is -2.39. The summed E-state index contributed by atoms with van der Waals surface area (Å²) < 4.78 is 5.70. The van der Waals surface area contributed by atoms with Crippen LogP contribution in [0.3, 0.4) is 0 Å². The Morgan fingerprint density at radius 1 is 1.18 bits per heavy atom. The normalized spacial score (nSPS) is 19.7. The fourth-order valence-corrected chi connectivity index (χ4v) is 3.48. The molecule has 112 valence electrons. The van der Waals surface area contributed by atoms with Crippen molar-refractivity contribution in [2.24, 2.45) is 0 Å². The summed E-state index contributed by atoms with van der Waals surface area (Å²) >= 11 is 0. The van der Waals surface area contributed by atoms with Crippen molar-refractivity contribution in [1.82, 2.24) is 5.32 Å². The summed E-state index contributed by atoms with van der Waals surface area (Å²) in [6, 6.07) is 12.6. The molecule has 1 N–H and O–H groups in total. The molecule has 1 atom stereocenters. The standard InChI is InChI=1S/C19H19NO2/c1-12-10-17-15(5-2-6-16(17)19(21)20-12)13-7-8-18-14(11-13)4-3-9-22-18/h2,5-8,11-12H,3-4,9-10H2,1H3,(H,20,21). The van der Waals surface area contributed by atoms with Crippen molar-refractivity contribution in [3.05, 3.63) is 53.1 Å². The third kappa shape index (κ3) is 2.17. The van der Waals surface area contributed by atoms with E-state index in [0.717, 1.165) is 42.7 Å². The van der Waals surface area contributed by atoms with Gasteiger partial charge in [-0.05, 0) is 66.6 Å². The number of carbonyl (C=O) groups excluding carboxylic acids is 1. The minimum absolute atomic E-state index is 0.0388. The van der Waals surface area contributed by atoms with Crippen LogP contribution >= 0.6 is 0 Å². The maximum absolute atomic E-state index is 12.2. The fourth-order valence-electron chi connectivity index (χ4n) is 3.48. The molecule has 0 saturated carbocycles. The molecule has 2 aliphatic heterocycles. The highest BCUT2D eigenvalue weighted by molar-refractivity contribution is 5.99. The molecule has 4 rings (SSSR count). The van der Waals surface area contributed by atoms with Crippen LogP contribution in [0.15, 0.2) is 36.4 Å². The average molecular weight is 293 g/mol. The van der Waals surface area contributed by atoms with Crippen molar-refractivity contribution in [3.63, 3.8) is 0 Å². The largest absolute Gasteiger partial charge is 0.493 e. The highest BCUT2D eigenvalue weighted by Gasteiger charge is 2.24. The topological polar surface area (TPSA) is 38.3 Å². The van der Waals surface area contributed by atoms with E-state index in [2.05, 4.69) is 36.5 Å². The molecule has 0 radical (unpaired) electrons. The molecule has 3 nitrogen and oxygen atoms in total. The van der Waals surface area contributed by atoms with Crippen LogP contribution in [0.25, 0.3) is 11.1 Å². The van der Waals surface area contributed by atoms with Crippen molar-refractivity contribution >= 4 is 5.91 Å². The molecular formula is C19H19NO2. The lowest BCUT2D eigenvalue weighted by atomic mass is 9.87. The van der Waals surface area contributed by atoms with Gasteiger partial charge < -0.3 is 10.1 Å². The smallest absolute Gasteiger partial charge is 0.251 e. The summed E-state index contributed by atoms with van der Waals surface area (Å²) in [5.41, 5.74) is 5.60. The second-order valence-corrected chi connectivity index (χ2v) is 6.18. The second kappa shape index (κ2) is 5.16. The molecule has 2 heterocycles. The van der Waals surface area contributed by atoms with Gasteiger partial charge in [-0.15, -0.1) is 0 Å². The van der Waals surface area contributed by atoms with Gasteiger partial charge in [0.25, 0.3) is 5.91 Å². The summed E-state index contributed by atoms with van der Waals surface area (Å²) in [5.74, 6) is 1.04. The van der Waals surface area contributed by atoms with Crippen LogP contribution < -0.4 is 10.1 Å². The summed E-state index contributed by atoms with van der Waals surface area (Å²) in [5, 5.41) is 3.01. The Bertz CT molecular complexity index is 751. The minimum atomic E-state index is 0.0388. The van der Waals surface area contributed by atoms with Crippen molar-refractivity contribution in [2.45, 2.75) is 32.2 Å². The van der Waals surface area contributed by atoms with Crippen LogP contribution in [0, 0.1) is 0 Å². The predicted octanol–water partition coefficient (Wildman–Crippen LogP) is 3.35. The van der Waals surface area contributed by atoms with Gasteiger partial charge in [0, 0.05) is 11.6 Å². The number of hydrogen-bond donors (Lipinski definition) is 1. The van der Waals surface area contributed by atoms with E-state index in [4.69, 9.17) is 4.74 Å². The molecule has 3 heteroatoms. The summed E-state index contributed by atoms with van der Waals surface area (Å²) in [7, 11) is 0. The maximum atomic E-state index is 12.2. The van der Waals surface area contributed by atoms with E-state index < -0.39 is 0 Å². The van der Waals surface area contributed by atoms with Gasteiger partial charge in [0.15, 0.2) is 0 Å². The number of amides is 1. The second-order valence-electron chi connectivity index (χ2n) is 6.18. The molecule has 1 amide bonds. The van der Waals surface area contributed by atoms with Crippen molar-refractivity contribution in [1.29, 1.82) is 0 Å². The van der Waals surface area contributed by atoms with Gasteiger partial charge in [0.2, 0.25) is 0 Å². The molecule has 0 aliphatic carbocycles. The van der Waals surface area contributed by atoms with Gasteiger partial charge in [0.05, 0.1) is 6.61 Å². The highest BCUT2D eigenvalue weighted by Crippen LogP contribution is 2.34. The Morgan fingerprint density at radius 2 is 2.05 bits per heavy atom. The van der Waals surface area contributed by atoms with E-state index in [9.17, 15) is 4.79 Å². The minimum Gasteiger partial charge on any atom is -0.493 e. The van der Waals surface area contributed by atoms with Crippen LogP contribution in [0.1, 0.15) is 34.8 Å². The number of aryl methyl sites for hydroxylation is 1. The van der Waals surface area contributed by atoms with Crippen LogP contribution in [-0.4, -0.2) is 18.6 Å². The van der Waals surface area contributed by atoms with Gasteiger partial charge >= 0.3 is 0 Å². The van der Waals surface area contributed by atoms with Gasteiger partial charge in [0.1, 0.15) is 5.75 Å². The van der Waals surface area contributed by atoms with Gasteiger partial charge in [-0.1, -0.05) is 18.2 Å². The van der Waals surface area contributed by atoms with Crippen LogP contribution in [0.5, 0.6) is 5.75 Å². The van der Waals surface area contributed by atoms with Gasteiger partial charge in [-0.3, -0.25) is 4.79 Å². The van der Waals surface area contributed by atoms with E-state index in [0.29, 0.717) is 0 Å². The van der Waals surface area contributed by atoms with E-state index in [1.54, 1.807) is 0 Å². The van der Waals surface area contributed by atoms with Gasteiger partial charge in [-0.25, -0.2) is 0 Å². The van der Waals surface area contributed by atoms with Crippen molar-refractivity contribution in [2.75, 3.05) is 6.61 Å². The molecule has 1 unspecified atom stereocenters. The Labute approximate surface area is 130 Å². The number of hydrogen-bond acceptors (Lipinski definition) is 2. The summed E-state index contributed by atoms with van der Waals surface area (Å²) in [4.78, 5) is 12.2. The first-order valence-electron chi connectivity index (χ1n) is 7.91. The Morgan fingerprint density at radius 3 is 2.95 bits per heavy atom. The monoisotopic (exact) mass is 293 g/mol. The van der Waals surface area contributed by atoms with Crippen molar-refractivity contribution < 1.29 is 9.53 Å². The maximum Gasteiger partial charge on any atom is 0.251 e. The molecule has 0 bridgehead atoms. The Hall–Kier alpha value is -2.29. The molecule has 2 aromatic carbocycles. The zero-order valence-corrected chi connectivity index (χ0v) is 12.7. The lowest BCUT2D eigenvalue weighted by molar-refractivity contribution is 0.0929. The van der Waals surface area contributed by atoms with Crippen molar-refractivity contribution in [3.8, 4) is 16.9 Å². The molecule has 0 fully saturated rings. The van der Waals surface area contributed by atoms with E-state index in [-0.39, 0.29) is 11.9 Å². The van der Waals surface area contributed by atoms with E-state index >= 15 is 0 Å². The number of benzene rings is 2. The first-order valence-corrected chi connectivity index (χ1v) is 7.91. The van der Waals surface area contributed by atoms with Gasteiger partial charge in [-0.2, -0.15) is 0 Å². The number of fused-ring (bicyclic) bond motifs is 2. The van der Waals surface area contributed by atoms with Crippen LogP contribution in [0.4, 0.5) is 0 Å². The average Bonchev–Trinajstić information content (AvgIpc) is 2.54. The molecule has 2 aromatic rings. The lowest BCUT2D eigenvalue weighted by Gasteiger charge is -2.25. The third-order valence-corrected chi connectivity index (χ3v) is 4.53. The number of rotatable bonds is 1. The van der Waals surface area contributed by atoms with E-state index in [1.165, 1.54) is 16.7 Å². The molecule has 0 aromatic heterocycles. The fraction of sp³-hybridized carbons (Fsp3) is 0.316. The zero-order valence-electron chi connectivity index (χ0n) is 12.7. The third-order valence-electron chi connectivity index (χ3n) is 4.53. The highest BCUT2D eigenvalue weighted by atomic mass is 16.5. The number of nitrogens with one attached hydrogen (secondary N) is 1. The Kier molecular flexibility index (Phi) is 3.14. The van der Waals surface area contributed by atoms with Crippen LogP contribution in [0.2, 0.25) is 0 Å². The molecule has 0 spiro atoms. The summed E-state index contributed by atoms with van der Waals surface area (Å²) in [6.07, 6.45) is 3.02. The van der Waals surface area contributed by atoms with Crippen LogP contribution in [-0.2, 0) is 12.8 Å². The molecular weight excluding hydrogens is 274 g/mol. The molecule has 2 aliphatic rings. The number of ether oxygens (including phenoxy) is 1. The first kappa shape index (κ1) is 13.4. The SMILES string of the molecule is CC1Cc2c(cccc2-c2ccc3c(c2)CCCO3)C(=O)N1. The summed E-state index contributed by atoms with van der Waals surface area (Å²) in [6.45, 7) is 2.86. The molecule has 0 saturated heterocycles. The van der Waals surface area contributed by atoms with E-state index in [1.807, 2.05) is 12.1 Å². The number of carbonyl (C=O) groups is 1. The molecule has 22 heavy (non-hydrogen) atoms. The first-order chi connectivity index (χ1) is 10.7. The Balaban J connectivity index is 1.83. The predicted molar refractivity (Wildman–Crippen MR) is 86.3 cm³/mol. The quantitative estimate of drug-likeness (QED) is 0.875.